The smallest absolute Gasteiger partial charge is 0.0991 e. The van der Waals surface area contributed by atoms with Gasteiger partial charge in [-0.05, 0) is 106 Å². The van der Waals surface area contributed by atoms with Crippen LogP contribution in [-0.2, 0) is 5.41 Å². The first-order chi connectivity index (χ1) is 23.0. The molecule has 9 rings (SSSR count). The van der Waals surface area contributed by atoms with Crippen molar-refractivity contribution in [1.29, 1.82) is 5.26 Å². The van der Waals surface area contributed by atoms with Gasteiger partial charge in [0.05, 0.1) is 11.6 Å². The van der Waals surface area contributed by atoms with Crippen molar-refractivity contribution in [2.45, 2.75) is 19.3 Å². The summed E-state index contributed by atoms with van der Waals surface area (Å²) in [4.78, 5) is 0. The molecule has 220 valence electrons. The number of nitrogens with zero attached hydrogens (tertiary/aromatic N) is 1. The van der Waals surface area contributed by atoms with Crippen molar-refractivity contribution < 1.29 is 0 Å². The topological polar surface area (TPSA) is 23.8 Å². The molecule has 0 saturated heterocycles. The van der Waals surface area contributed by atoms with Crippen LogP contribution in [0.1, 0.15) is 30.5 Å². The second kappa shape index (κ2) is 10.3. The van der Waals surface area contributed by atoms with Crippen LogP contribution in [0.3, 0.4) is 0 Å². The Morgan fingerprint density at radius 1 is 0.404 bits per heavy atom. The molecular formula is C46H31N. The normalized spacial score (nSPS) is 13.0. The van der Waals surface area contributed by atoms with E-state index in [9.17, 15) is 5.26 Å². The third-order valence-corrected chi connectivity index (χ3v) is 10.3. The Kier molecular flexibility index (Phi) is 5.98. The molecule has 0 amide bonds. The van der Waals surface area contributed by atoms with Crippen molar-refractivity contribution in [1.82, 2.24) is 0 Å². The fraction of sp³-hybridized carbons (Fsp3) is 0.0652. The average Bonchev–Trinajstić information content (AvgIpc) is 3.36. The lowest BCUT2D eigenvalue weighted by Gasteiger charge is -2.23. The quantitative estimate of drug-likeness (QED) is 0.186. The standard InChI is InChI=1S/C46H31N/c1-46(2)41-18-10-9-17-39(41)45-34-12-4-3-11-33(34)40(27-42(45)46)30-23-25-32(26-24-30)44-37-15-7-5-13-35(37)43(36-14-6-8-16-38(36)44)31-21-19-29(28-47)20-22-31/h3-27H,1-2H3. The van der Waals surface area contributed by atoms with Gasteiger partial charge in [-0.2, -0.15) is 5.26 Å². The molecule has 8 aromatic carbocycles. The summed E-state index contributed by atoms with van der Waals surface area (Å²) in [5.41, 5.74) is 13.4. The summed E-state index contributed by atoms with van der Waals surface area (Å²) in [7, 11) is 0. The molecule has 0 saturated carbocycles. The first kappa shape index (κ1) is 27.3. The predicted octanol–water partition coefficient (Wildman–Crippen LogP) is 12.3. The predicted molar refractivity (Wildman–Crippen MR) is 198 cm³/mol. The van der Waals surface area contributed by atoms with Crippen LogP contribution in [0.15, 0.2) is 152 Å². The van der Waals surface area contributed by atoms with Crippen LogP contribution >= 0.6 is 0 Å². The minimum absolute atomic E-state index is 0.0703. The van der Waals surface area contributed by atoms with Gasteiger partial charge in [-0.3, -0.25) is 0 Å². The molecule has 0 unspecified atom stereocenters. The number of nitriles is 1. The molecule has 1 aliphatic carbocycles. The maximum absolute atomic E-state index is 9.40. The van der Waals surface area contributed by atoms with Crippen LogP contribution in [0.25, 0.3) is 76.8 Å². The summed E-state index contributed by atoms with van der Waals surface area (Å²) >= 11 is 0. The van der Waals surface area contributed by atoms with E-state index in [1.165, 1.54) is 82.4 Å². The summed E-state index contributed by atoms with van der Waals surface area (Å²) in [5.74, 6) is 0. The lowest BCUT2D eigenvalue weighted by atomic mass is 9.80. The maximum Gasteiger partial charge on any atom is 0.0991 e. The Bertz CT molecular complexity index is 2520. The Labute approximate surface area is 275 Å². The van der Waals surface area contributed by atoms with E-state index in [0.29, 0.717) is 5.56 Å². The molecule has 47 heavy (non-hydrogen) atoms. The van der Waals surface area contributed by atoms with Gasteiger partial charge in [-0.15, -0.1) is 0 Å². The molecule has 0 radical (unpaired) electrons. The Hall–Kier alpha value is -5.97. The Morgan fingerprint density at radius 3 is 1.36 bits per heavy atom. The van der Waals surface area contributed by atoms with Gasteiger partial charge in [-0.1, -0.05) is 147 Å². The summed E-state index contributed by atoms with van der Waals surface area (Å²) < 4.78 is 0. The highest BCUT2D eigenvalue weighted by Gasteiger charge is 2.36. The van der Waals surface area contributed by atoms with Gasteiger partial charge in [-0.25, -0.2) is 0 Å². The molecule has 0 atom stereocenters. The van der Waals surface area contributed by atoms with Crippen LogP contribution in [0, 0.1) is 11.3 Å². The van der Waals surface area contributed by atoms with Gasteiger partial charge in [0, 0.05) is 5.41 Å². The molecule has 1 heteroatoms. The largest absolute Gasteiger partial charge is 0.192 e. The number of hydrogen-bond acceptors (Lipinski definition) is 1. The third-order valence-electron chi connectivity index (χ3n) is 10.3. The highest BCUT2D eigenvalue weighted by Crippen LogP contribution is 2.53. The fourth-order valence-electron chi connectivity index (χ4n) is 8.07. The summed E-state index contributed by atoms with van der Waals surface area (Å²) in [6.07, 6.45) is 0. The lowest BCUT2D eigenvalue weighted by molar-refractivity contribution is 0.661. The van der Waals surface area contributed by atoms with Gasteiger partial charge in [0.25, 0.3) is 0 Å². The lowest BCUT2D eigenvalue weighted by Crippen LogP contribution is -2.15. The van der Waals surface area contributed by atoms with Crippen LogP contribution in [-0.4, -0.2) is 0 Å². The van der Waals surface area contributed by atoms with E-state index in [-0.39, 0.29) is 5.41 Å². The maximum atomic E-state index is 9.40. The number of hydrogen-bond donors (Lipinski definition) is 0. The van der Waals surface area contributed by atoms with Crippen LogP contribution in [0.4, 0.5) is 0 Å². The van der Waals surface area contributed by atoms with Crippen molar-refractivity contribution in [2.75, 3.05) is 0 Å². The molecule has 8 aromatic rings. The van der Waals surface area contributed by atoms with E-state index >= 15 is 0 Å². The summed E-state index contributed by atoms with van der Waals surface area (Å²) in [5, 5.41) is 16.9. The van der Waals surface area contributed by atoms with Gasteiger partial charge >= 0.3 is 0 Å². The van der Waals surface area contributed by atoms with E-state index in [0.717, 1.165) is 5.56 Å². The van der Waals surface area contributed by atoms with Gasteiger partial charge in [0.1, 0.15) is 0 Å². The van der Waals surface area contributed by atoms with Crippen molar-refractivity contribution >= 4 is 32.3 Å². The Morgan fingerprint density at radius 2 is 0.830 bits per heavy atom. The van der Waals surface area contributed by atoms with E-state index in [1.54, 1.807) is 0 Å². The molecule has 0 spiro atoms. The van der Waals surface area contributed by atoms with Gasteiger partial charge < -0.3 is 0 Å². The zero-order chi connectivity index (χ0) is 31.7. The van der Waals surface area contributed by atoms with Crippen molar-refractivity contribution in [3.63, 3.8) is 0 Å². The van der Waals surface area contributed by atoms with E-state index in [1.807, 2.05) is 12.1 Å². The molecule has 1 nitrogen and oxygen atoms in total. The van der Waals surface area contributed by atoms with E-state index < -0.39 is 0 Å². The monoisotopic (exact) mass is 597 g/mol. The van der Waals surface area contributed by atoms with Crippen molar-refractivity contribution in [2.24, 2.45) is 0 Å². The van der Waals surface area contributed by atoms with E-state index in [2.05, 4.69) is 159 Å². The average molecular weight is 598 g/mol. The highest BCUT2D eigenvalue weighted by molar-refractivity contribution is 6.21. The van der Waals surface area contributed by atoms with Crippen molar-refractivity contribution in [3.05, 3.63) is 168 Å². The van der Waals surface area contributed by atoms with E-state index in [4.69, 9.17) is 0 Å². The second-order valence-corrected chi connectivity index (χ2v) is 13.2. The van der Waals surface area contributed by atoms with Gasteiger partial charge in [0.15, 0.2) is 0 Å². The molecule has 0 N–H and O–H groups in total. The summed E-state index contributed by atoms with van der Waals surface area (Å²) in [6.45, 7) is 4.72. The van der Waals surface area contributed by atoms with Crippen LogP contribution in [0.2, 0.25) is 0 Å². The molecule has 1 aliphatic rings. The molecule has 0 bridgehead atoms. The SMILES string of the molecule is CC1(C)c2ccccc2-c2c1cc(-c1ccc(-c3c4ccccc4c(-c4ccc(C#N)cc4)c4ccccc34)cc1)c1ccccc21. The second-order valence-electron chi connectivity index (χ2n) is 13.2. The van der Waals surface area contributed by atoms with Gasteiger partial charge in [0.2, 0.25) is 0 Å². The summed E-state index contributed by atoms with van der Waals surface area (Å²) in [6, 6.07) is 57.1. The number of fused-ring (bicyclic) bond motifs is 7. The highest BCUT2D eigenvalue weighted by atomic mass is 14.4. The van der Waals surface area contributed by atoms with Crippen LogP contribution in [0.5, 0.6) is 0 Å². The Balaban J connectivity index is 1.24. The molecule has 0 heterocycles. The molecule has 0 aromatic heterocycles. The zero-order valence-corrected chi connectivity index (χ0v) is 26.4. The third kappa shape index (κ3) is 4.02. The number of benzene rings is 8. The minimum Gasteiger partial charge on any atom is -0.192 e. The minimum atomic E-state index is -0.0703. The first-order valence-electron chi connectivity index (χ1n) is 16.3. The first-order valence-corrected chi connectivity index (χ1v) is 16.3. The van der Waals surface area contributed by atoms with Crippen LogP contribution < -0.4 is 0 Å². The fourth-order valence-corrected chi connectivity index (χ4v) is 8.07. The molecule has 0 aliphatic heterocycles. The van der Waals surface area contributed by atoms with Crippen molar-refractivity contribution in [3.8, 4) is 50.6 Å². The molecular weight excluding hydrogens is 567 g/mol. The zero-order valence-electron chi connectivity index (χ0n) is 26.4. The number of rotatable bonds is 3. The molecule has 0 fully saturated rings.